The topological polar surface area (TPSA) is 58.9 Å². The van der Waals surface area contributed by atoms with Crippen LogP contribution < -0.4 is 4.74 Å². The van der Waals surface area contributed by atoms with E-state index in [4.69, 9.17) is 4.74 Å². The number of carbonyl (C=O) groups excluding carboxylic acids is 1. The SMILES string of the molecule is C=CC(=O)Oc1ccccc1/C(=N/O)c1ccccc1. The summed E-state index contributed by atoms with van der Waals surface area (Å²) in [5, 5.41) is 12.6. The number of rotatable bonds is 4. The van der Waals surface area contributed by atoms with Crippen molar-refractivity contribution in [2.24, 2.45) is 5.16 Å². The van der Waals surface area contributed by atoms with Crippen LogP contribution in [0.25, 0.3) is 0 Å². The fourth-order valence-corrected chi connectivity index (χ4v) is 1.76. The Labute approximate surface area is 116 Å². The van der Waals surface area contributed by atoms with Gasteiger partial charge in [-0.15, -0.1) is 0 Å². The molecule has 2 aromatic carbocycles. The Bertz CT molecular complexity index is 648. The van der Waals surface area contributed by atoms with Crippen molar-refractivity contribution in [3.8, 4) is 5.75 Å². The standard InChI is InChI=1S/C16H13NO3/c1-2-15(18)20-14-11-7-6-10-13(14)16(17-19)12-8-4-3-5-9-12/h2-11,19H,1H2/b17-16+. The molecule has 0 radical (unpaired) electrons. The summed E-state index contributed by atoms with van der Waals surface area (Å²) in [4.78, 5) is 11.3. The van der Waals surface area contributed by atoms with Crippen LogP contribution in [-0.4, -0.2) is 16.9 Å². The second-order valence-electron chi connectivity index (χ2n) is 3.94. The van der Waals surface area contributed by atoms with Crippen LogP contribution in [0.3, 0.4) is 0 Å². The van der Waals surface area contributed by atoms with Gasteiger partial charge in [0.15, 0.2) is 0 Å². The van der Waals surface area contributed by atoms with E-state index in [0.717, 1.165) is 11.6 Å². The molecule has 20 heavy (non-hydrogen) atoms. The van der Waals surface area contributed by atoms with Gasteiger partial charge in [-0.25, -0.2) is 4.79 Å². The molecule has 0 spiro atoms. The van der Waals surface area contributed by atoms with E-state index in [1.807, 2.05) is 18.2 Å². The van der Waals surface area contributed by atoms with Crippen molar-refractivity contribution in [3.63, 3.8) is 0 Å². The molecule has 0 aromatic heterocycles. The lowest BCUT2D eigenvalue weighted by atomic mass is 10.0. The summed E-state index contributed by atoms with van der Waals surface area (Å²) in [6.45, 7) is 3.36. The zero-order chi connectivity index (χ0) is 14.4. The summed E-state index contributed by atoms with van der Waals surface area (Å²) < 4.78 is 5.15. The van der Waals surface area contributed by atoms with E-state index in [2.05, 4.69) is 11.7 Å². The van der Waals surface area contributed by atoms with Crippen molar-refractivity contribution in [1.82, 2.24) is 0 Å². The van der Waals surface area contributed by atoms with Crippen molar-refractivity contribution < 1.29 is 14.7 Å². The average Bonchev–Trinajstić information content (AvgIpc) is 2.50. The monoisotopic (exact) mass is 267 g/mol. The van der Waals surface area contributed by atoms with Gasteiger partial charge in [0, 0.05) is 17.2 Å². The molecule has 2 rings (SSSR count). The van der Waals surface area contributed by atoms with Crippen molar-refractivity contribution in [1.29, 1.82) is 0 Å². The van der Waals surface area contributed by atoms with Crippen LogP contribution in [0.1, 0.15) is 11.1 Å². The van der Waals surface area contributed by atoms with Crippen LogP contribution in [0.5, 0.6) is 5.75 Å². The third-order valence-electron chi connectivity index (χ3n) is 2.67. The summed E-state index contributed by atoms with van der Waals surface area (Å²) in [6, 6.07) is 16.0. The molecule has 0 amide bonds. The van der Waals surface area contributed by atoms with Gasteiger partial charge in [-0.2, -0.15) is 0 Å². The Morgan fingerprint density at radius 2 is 1.75 bits per heavy atom. The van der Waals surface area contributed by atoms with Gasteiger partial charge in [0.05, 0.1) is 0 Å². The Morgan fingerprint density at radius 1 is 1.10 bits per heavy atom. The van der Waals surface area contributed by atoms with Crippen molar-refractivity contribution in [2.75, 3.05) is 0 Å². The fourth-order valence-electron chi connectivity index (χ4n) is 1.76. The first-order valence-corrected chi connectivity index (χ1v) is 5.97. The molecule has 0 aliphatic heterocycles. The lowest BCUT2D eigenvalue weighted by Gasteiger charge is -2.10. The Morgan fingerprint density at radius 3 is 2.40 bits per heavy atom. The predicted molar refractivity (Wildman–Crippen MR) is 76.1 cm³/mol. The van der Waals surface area contributed by atoms with Crippen LogP contribution in [0.4, 0.5) is 0 Å². The molecule has 0 aliphatic carbocycles. The number of para-hydroxylation sites is 1. The number of ether oxygens (including phenoxy) is 1. The summed E-state index contributed by atoms with van der Waals surface area (Å²) in [5.74, 6) is -0.253. The molecule has 0 bridgehead atoms. The molecule has 0 atom stereocenters. The number of hydrogen-bond donors (Lipinski definition) is 1. The first-order valence-electron chi connectivity index (χ1n) is 5.97. The van der Waals surface area contributed by atoms with Crippen LogP contribution in [0.15, 0.2) is 72.4 Å². The number of carbonyl (C=O) groups is 1. The second-order valence-corrected chi connectivity index (χ2v) is 3.94. The third kappa shape index (κ3) is 2.92. The molecule has 0 fully saturated rings. The Balaban J connectivity index is 2.46. The normalized spacial score (nSPS) is 10.9. The first-order chi connectivity index (χ1) is 9.76. The van der Waals surface area contributed by atoms with E-state index in [1.165, 1.54) is 0 Å². The molecule has 0 saturated carbocycles. The minimum Gasteiger partial charge on any atom is -0.423 e. The highest BCUT2D eigenvalue weighted by molar-refractivity contribution is 6.14. The van der Waals surface area contributed by atoms with Gasteiger partial charge in [-0.1, -0.05) is 54.2 Å². The van der Waals surface area contributed by atoms with Crippen LogP contribution in [-0.2, 0) is 4.79 Å². The van der Waals surface area contributed by atoms with E-state index < -0.39 is 5.97 Å². The van der Waals surface area contributed by atoms with Gasteiger partial charge in [-0.3, -0.25) is 0 Å². The number of nitrogens with zero attached hydrogens (tertiary/aromatic N) is 1. The van der Waals surface area contributed by atoms with E-state index >= 15 is 0 Å². The lowest BCUT2D eigenvalue weighted by Crippen LogP contribution is -2.10. The largest absolute Gasteiger partial charge is 0.423 e. The molecular formula is C16H13NO3. The highest BCUT2D eigenvalue weighted by Crippen LogP contribution is 2.22. The fraction of sp³-hybridized carbons (Fsp3) is 0. The molecular weight excluding hydrogens is 254 g/mol. The molecule has 100 valence electrons. The highest BCUT2D eigenvalue weighted by atomic mass is 16.5. The molecule has 0 aliphatic rings. The number of benzene rings is 2. The maximum absolute atomic E-state index is 11.3. The first kappa shape index (κ1) is 13.5. The van der Waals surface area contributed by atoms with E-state index in [-0.39, 0.29) is 0 Å². The number of esters is 1. The average molecular weight is 267 g/mol. The van der Waals surface area contributed by atoms with Crippen molar-refractivity contribution in [3.05, 3.63) is 78.4 Å². The second kappa shape index (κ2) is 6.33. The molecule has 4 heteroatoms. The van der Waals surface area contributed by atoms with E-state index in [0.29, 0.717) is 17.0 Å². The summed E-state index contributed by atoms with van der Waals surface area (Å²) in [5.41, 5.74) is 1.58. The predicted octanol–water partition coefficient (Wildman–Crippen LogP) is 3.00. The molecule has 2 aromatic rings. The minimum absolute atomic E-state index is 0.314. The van der Waals surface area contributed by atoms with Gasteiger partial charge in [0.2, 0.25) is 0 Å². The quantitative estimate of drug-likeness (QED) is 0.231. The number of hydrogen-bond acceptors (Lipinski definition) is 4. The molecule has 0 heterocycles. The van der Waals surface area contributed by atoms with Gasteiger partial charge in [0.25, 0.3) is 0 Å². The van der Waals surface area contributed by atoms with Gasteiger partial charge >= 0.3 is 5.97 Å². The zero-order valence-corrected chi connectivity index (χ0v) is 10.7. The molecule has 0 saturated heterocycles. The van der Waals surface area contributed by atoms with E-state index in [9.17, 15) is 10.0 Å². The molecule has 0 unspecified atom stereocenters. The summed E-state index contributed by atoms with van der Waals surface area (Å²) >= 11 is 0. The highest BCUT2D eigenvalue weighted by Gasteiger charge is 2.14. The van der Waals surface area contributed by atoms with Crippen molar-refractivity contribution in [2.45, 2.75) is 0 Å². The Hall–Kier alpha value is -2.88. The Kier molecular flexibility index (Phi) is 4.29. The smallest absolute Gasteiger partial charge is 0.335 e. The van der Waals surface area contributed by atoms with Crippen LogP contribution >= 0.6 is 0 Å². The molecule has 1 N–H and O–H groups in total. The molecule has 4 nitrogen and oxygen atoms in total. The lowest BCUT2D eigenvalue weighted by molar-refractivity contribution is -0.128. The maximum Gasteiger partial charge on any atom is 0.335 e. The van der Waals surface area contributed by atoms with Crippen LogP contribution in [0, 0.1) is 0 Å². The van der Waals surface area contributed by atoms with E-state index in [1.54, 1.807) is 36.4 Å². The third-order valence-corrected chi connectivity index (χ3v) is 2.67. The van der Waals surface area contributed by atoms with Gasteiger partial charge < -0.3 is 9.94 Å². The summed E-state index contributed by atoms with van der Waals surface area (Å²) in [6.07, 6.45) is 1.08. The van der Waals surface area contributed by atoms with Crippen molar-refractivity contribution >= 4 is 11.7 Å². The number of oxime groups is 1. The zero-order valence-electron chi connectivity index (χ0n) is 10.7. The summed E-state index contributed by atoms with van der Waals surface area (Å²) in [7, 11) is 0. The van der Waals surface area contributed by atoms with Gasteiger partial charge in [-0.05, 0) is 12.1 Å². The van der Waals surface area contributed by atoms with Crippen LogP contribution in [0.2, 0.25) is 0 Å². The minimum atomic E-state index is -0.567. The van der Waals surface area contributed by atoms with Gasteiger partial charge in [0.1, 0.15) is 11.5 Å². The maximum atomic E-state index is 11.3.